The van der Waals surface area contributed by atoms with E-state index < -0.39 is 0 Å². The van der Waals surface area contributed by atoms with Gasteiger partial charge in [0.05, 0.1) is 0 Å². The van der Waals surface area contributed by atoms with Crippen molar-refractivity contribution in [3.63, 3.8) is 0 Å². The van der Waals surface area contributed by atoms with Crippen LogP contribution >= 0.6 is 0 Å². The maximum absolute atomic E-state index is 10.6. The molecule has 0 spiro atoms. The Morgan fingerprint density at radius 2 is 2.10 bits per heavy atom. The van der Waals surface area contributed by atoms with E-state index in [0.717, 1.165) is 0 Å². The third kappa shape index (κ3) is 1.48. The number of carbonyl (C=O) groups is 1. The van der Waals surface area contributed by atoms with E-state index in [0.29, 0.717) is 0 Å². The van der Waals surface area contributed by atoms with Gasteiger partial charge in [-0.2, -0.15) is 0 Å². The van der Waals surface area contributed by atoms with Crippen molar-refractivity contribution in [2.45, 2.75) is 0 Å². The van der Waals surface area contributed by atoms with Crippen LogP contribution in [0.15, 0.2) is 37.2 Å². The van der Waals surface area contributed by atoms with Crippen LogP contribution in [0, 0.1) is 0 Å². The molecular formula is C7H8N2O. The molecule has 0 aliphatic heterocycles. The average molecular weight is 136 g/mol. The molecule has 0 atom stereocenters. The monoisotopic (exact) mass is 136 g/mol. The second-order valence-electron chi connectivity index (χ2n) is 1.77. The van der Waals surface area contributed by atoms with Crippen LogP contribution in [0.3, 0.4) is 0 Å². The van der Waals surface area contributed by atoms with E-state index in [4.69, 9.17) is 0 Å². The molecule has 10 heavy (non-hydrogen) atoms. The van der Waals surface area contributed by atoms with E-state index in [2.05, 4.69) is 12.0 Å². The highest BCUT2D eigenvalue weighted by molar-refractivity contribution is 5.93. The molecule has 0 saturated heterocycles. The lowest BCUT2D eigenvalue weighted by Gasteiger charge is -2.00. The van der Waals surface area contributed by atoms with Crippen molar-refractivity contribution < 1.29 is 4.79 Å². The molecule has 0 radical (unpaired) electrons. The first-order valence-corrected chi connectivity index (χ1v) is 2.89. The topological polar surface area (TPSA) is 34.0 Å². The van der Waals surface area contributed by atoms with Crippen molar-refractivity contribution in [3.8, 4) is 0 Å². The fraction of sp³-hybridized carbons (Fsp3) is 0. The summed E-state index contributed by atoms with van der Waals surface area (Å²) in [5.41, 5.74) is 2.53. The maximum atomic E-state index is 10.6. The summed E-state index contributed by atoms with van der Waals surface area (Å²) in [6.45, 7) is 3.32. The molecule has 0 bridgehead atoms. The summed E-state index contributed by atoms with van der Waals surface area (Å²) < 4.78 is 1.56. The third-order valence-electron chi connectivity index (χ3n) is 1.03. The fourth-order valence-electron chi connectivity index (χ4n) is 0.582. The SMILES string of the molecule is C=CC(=O)Nn1cccc1. The quantitative estimate of drug-likeness (QED) is 0.598. The summed E-state index contributed by atoms with van der Waals surface area (Å²) in [6.07, 6.45) is 4.70. The van der Waals surface area contributed by atoms with Crippen molar-refractivity contribution in [1.82, 2.24) is 4.68 Å². The van der Waals surface area contributed by atoms with Crippen LogP contribution in [-0.2, 0) is 4.79 Å². The van der Waals surface area contributed by atoms with E-state index in [1.165, 1.54) is 6.08 Å². The van der Waals surface area contributed by atoms with Crippen molar-refractivity contribution in [1.29, 1.82) is 0 Å². The zero-order valence-electron chi connectivity index (χ0n) is 5.45. The van der Waals surface area contributed by atoms with Gasteiger partial charge in [-0.05, 0) is 18.2 Å². The van der Waals surface area contributed by atoms with Crippen LogP contribution in [0.5, 0.6) is 0 Å². The molecular weight excluding hydrogens is 128 g/mol. The largest absolute Gasteiger partial charge is 0.268 e. The molecule has 3 nitrogen and oxygen atoms in total. The Morgan fingerprint density at radius 1 is 1.50 bits per heavy atom. The minimum Gasteiger partial charge on any atom is -0.268 e. The maximum Gasteiger partial charge on any atom is 0.262 e. The van der Waals surface area contributed by atoms with Gasteiger partial charge in [0.15, 0.2) is 0 Å². The molecule has 1 N–H and O–H groups in total. The highest BCUT2D eigenvalue weighted by atomic mass is 16.2. The minimum absolute atomic E-state index is 0.212. The van der Waals surface area contributed by atoms with Crippen molar-refractivity contribution >= 4 is 5.91 Å². The van der Waals surface area contributed by atoms with Crippen molar-refractivity contribution in [2.75, 3.05) is 5.43 Å². The predicted molar refractivity (Wildman–Crippen MR) is 39.0 cm³/mol. The van der Waals surface area contributed by atoms with Crippen LogP contribution in [-0.4, -0.2) is 10.6 Å². The number of hydrogen-bond donors (Lipinski definition) is 1. The number of amides is 1. The van der Waals surface area contributed by atoms with Crippen molar-refractivity contribution in [2.24, 2.45) is 0 Å². The average Bonchev–Trinajstić information content (AvgIpc) is 2.40. The van der Waals surface area contributed by atoms with Gasteiger partial charge in [0.1, 0.15) is 0 Å². The minimum atomic E-state index is -0.212. The first-order valence-electron chi connectivity index (χ1n) is 2.89. The van der Waals surface area contributed by atoms with Gasteiger partial charge in [-0.25, -0.2) is 0 Å². The third-order valence-corrected chi connectivity index (χ3v) is 1.03. The fourth-order valence-corrected chi connectivity index (χ4v) is 0.582. The van der Waals surface area contributed by atoms with E-state index >= 15 is 0 Å². The number of nitrogens with zero attached hydrogens (tertiary/aromatic N) is 1. The zero-order valence-corrected chi connectivity index (χ0v) is 5.45. The molecule has 0 aliphatic carbocycles. The highest BCUT2D eigenvalue weighted by Crippen LogP contribution is 1.84. The van der Waals surface area contributed by atoms with Crippen LogP contribution in [0.25, 0.3) is 0 Å². The molecule has 0 saturated carbocycles. The predicted octanol–water partition coefficient (Wildman–Crippen LogP) is 0.744. The van der Waals surface area contributed by atoms with Gasteiger partial charge in [0, 0.05) is 12.4 Å². The summed E-state index contributed by atoms with van der Waals surface area (Å²) in [5.74, 6) is -0.212. The second-order valence-corrected chi connectivity index (χ2v) is 1.77. The molecule has 3 heteroatoms. The zero-order chi connectivity index (χ0) is 7.40. The first kappa shape index (κ1) is 6.61. The van der Waals surface area contributed by atoms with Crippen LogP contribution in [0.2, 0.25) is 0 Å². The Labute approximate surface area is 58.9 Å². The Kier molecular flexibility index (Phi) is 1.89. The van der Waals surface area contributed by atoms with Gasteiger partial charge < -0.3 is 0 Å². The van der Waals surface area contributed by atoms with Crippen molar-refractivity contribution in [3.05, 3.63) is 37.2 Å². The second kappa shape index (κ2) is 2.87. The normalized spacial score (nSPS) is 8.80. The number of hydrogen-bond acceptors (Lipinski definition) is 1. The molecule has 1 aromatic rings. The van der Waals surface area contributed by atoms with E-state index in [1.807, 2.05) is 12.1 Å². The number of rotatable bonds is 2. The lowest BCUT2D eigenvalue weighted by Crippen LogP contribution is -2.18. The molecule has 1 rings (SSSR count). The Hall–Kier alpha value is -1.51. The summed E-state index contributed by atoms with van der Waals surface area (Å²) in [4.78, 5) is 10.6. The molecule has 0 aliphatic rings. The Bertz CT molecular complexity index is 226. The Balaban J connectivity index is 2.56. The Morgan fingerprint density at radius 3 is 2.60 bits per heavy atom. The molecule has 1 aromatic heterocycles. The lowest BCUT2D eigenvalue weighted by molar-refractivity contribution is -0.112. The van der Waals surface area contributed by atoms with Gasteiger partial charge in [-0.1, -0.05) is 6.58 Å². The molecule has 1 amide bonds. The van der Waals surface area contributed by atoms with Gasteiger partial charge in [0.2, 0.25) is 0 Å². The number of aromatic nitrogens is 1. The number of carbonyl (C=O) groups excluding carboxylic acids is 1. The molecule has 52 valence electrons. The summed E-state index contributed by atoms with van der Waals surface area (Å²) in [5, 5.41) is 0. The van der Waals surface area contributed by atoms with Crippen LogP contribution in [0.1, 0.15) is 0 Å². The van der Waals surface area contributed by atoms with Gasteiger partial charge in [-0.3, -0.25) is 14.9 Å². The molecule has 1 heterocycles. The van der Waals surface area contributed by atoms with Crippen LogP contribution < -0.4 is 5.43 Å². The molecule has 0 fully saturated rings. The smallest absolute Gasteiger partial charge is 0.262 e. The standard InChI is InChI=1S/C7H8N2O/c1-2-7(10)8-9-5-3-4-6-9/h2-6H,1H2,(H,8,10). The molecule has 0 aromatic carbocycles. The highest BCUT2D eigenvalue weighted by Gasteiger charge is 1.90. The summed E-state index contributed by atoms with van der Waals surface area (Å²) >= 11 is 0. The first-order chi connectivity index (χ1) is 4.83. The van der Waals surface area contributed by atoms with Gasteiger partial charge in [0.25, 0.3) is 5.91 Å². The summed E-state index contributed by atoms with van der Waals surface area (Å²) in [6, 6.07) is 3.65. The van der Waals surface area contributed by atoms with Gasteiger partial charge >= 0.3 is 0 Å². The summed E-state index contributed by atoms with van der Waals surface area (Å²) in [7, 11) is 0. The van der Waals surface area contributed by atoms with Gasteiger partial charge in [-0.15, -0.1) is 0 Å². The molecule has 0 unspecified atom stereocenters. The van der Waals surface area contributed by atoms with E-state index in [9.17, 15) is 4.79 Å². The lowest BCUT2D eigenvalue weighted by atomic mass is 10.6. The van der Waals surface area contributed by atoms with E-state index in [-0.39, 0.29) is 5.91 Å². The van der Waals surface area contributed by atoms with Crippen LogP contribution in [0.4, 0.5) is 0 Å². The number of nitrogens with one attached hydrogen (secondary N) is 1. The van der Waals surface area contributed by atoms with E-state index in [1.54, 1.807) is 17.1 Å².